The van der Waals surface area contributed by atoms with Gasteiger partial charge in [-0.2, -0.15) is 0 Å². The number of hydrogen-bond acceptors (Lipinski definition) is 2. The van der Waals surface area contributed by atoms with E-state index in [2.05, 4.69) is 66.7 Å². The van der Waals surface area contributed by atoms with Crippen molar-refractivity contribution in [2.24, 2.45) is 0 Å². The molecule has 138 valence electrons. The highest BCUT2D eigenvalue weighted by atomic mass is 16.4. The molecule has 5 aromatic rings. The zero-order valence-corrected chi connectivity index (χ0v) is 15.8. The van der Waals surface area contributed by atoms with Crippen LogP contribution in [-0.2, 0) is 0 Å². The van der Waals surface area contributed by atoms with Crippen LogP contribution < -0.4 is 5.46 Å². The lowest BCUT2D eigenvalue weighted by Crippen LogP contribution is -2.29. The second kappa shape index (κ2) is 7.21. The van der Waals surface area contributed by atoms with E-state index in [0.717, 1.165) is 21.9 Å². The maximum absolute atomic E-state index is 9.54. The maximum atomic E-state index is 9.54. The molecular formula is C26H19BO2. The van der Waals surface area contributed by atoms with E-state index in [9.17, 15) is 10.0 Å². The Hall–Kier alpha value is -3.40. The average molecular weight is 374 g/mol. The Morgan fingerprint density at radius 3 is 2.10 bits per heavy atom. The van der Waals surface area contributed by atoms with E-state index in [1.165, 1.54) is 21.9 Å². The third-order valence-corrected chi connectivity index (χ3v) is 5.44. The van der Waals surface area contributed by atoms with Crippen molar-refractivity contribution >= 4 is 34.1 Å². The zero-order chi connectivity index (χ0) is 19.8. The van der Waals surface area contributed by atoms with Crippen molar-refractivity contribution in [3.05, 3.63) is 103 Å². The van der Waals surface area contributed by atoms with Gasteiger partial charge in [-0.15, -0.1) is 0 Å². The van der Waals surface area contributed by atoms with Crippen LogP contribution in [0.5, 0.6) is 0 Å². The van der Waals surface area contributed by atoms with Gasteiger partial charge in [0.15, 0.2) is 0 Å². The average Bonchev–Trinajstić information content (AvgIpc) is 2.77. The minimum absolute atomic E-state index is 0.492. The first-order chi connectivity index (χ1) is 14.2. The first-order valence-corrected chi connectivity index (χ1v) is 9.67. The smallest absolute Gasteiger partial charge is 0.423 e. The minimum Gasteiger partial charge on any atom is -0.423 e. The number of fused-ring (bicyclic) bond motifs is 2. The second-order valence-corrected chi connectivity index (χ2v) is 7.31. The Labute approximate surface area is 169 Å². The molecule has 3 heteroatoms. The van der Waals surface area contributed by atoms with E-state index in [4.69, 9.17) is 0 Å². The first-order valence-electron chi connectivity index (χ1n) is 9.67. The molecule has 2 nitrogen and oxygen atoms in total. The molecule has 0 heterocycles. The van der Waals surface area contributed by atoms with Crippen molar-refractivity contribution in [3.63, 3.8) is 0 Å². The van der Waals surface area contributed by atoms with Gasteiger partial charge in [-0.3, -0.25) is 0 Å². The monoisotopic (exact) mass is 374 g/mol. The lowest BCUT2D eigenvalue weighted by molar-refractivity contribution is 0.426. The highest BCUT2D eigenvalue weighted by molar-refractivity contribution is 6.58. The molecule has 5 rings (SSSR count). The van der Waals surface area contributed by atoms with Crippen LogP contribution in [0.3, 0.4) is 0 Å². The Kier molecular flexibility index (Phi) is 4.40. The summed E-state index contributed by atoms with van der Waals surface area (Å²) in [4.78, 5) is 0. The molecular weight excluding hydrogens is 355 g/mol. The molecule has 29 heavy (non-hydrogen) atoms. The molecule has 0 saturated heterocycles. The van der Waals surface area contributed by atoms with Gasteiger partial charge >= 0.3 is 7.12 Å². The Bertz CT molecular complexity index is 1330. The molecule has 0 aliphatic heterocycles. The molecule has 0 saturated carbocycles. The van der Waals surface area contributed by atoms with Crippen LogP contribution in [0.2, 0.25) is 0 Å². The van der Waals surface area contributed by atoms with Gasteiger partial charge in [0, 0.05) is 0 Å². The molecule has 0 radical (unpaired) electrons. The highest BCUT2D eigenvalue weighted by Crippen LogP contribution is 2.33. The van der Waals surface area contributed by atoms with E-state index in [1.807, 2.05) is 30.3 Å². The fourth-order valence-corrected chi connectivity index (χ4v) is 3.95. The largest absolute Gasteiger partial charge is 0.488 e. The van der Waals surface area contributed by atoms with Gasteiger partial charge in [-0.05, 0) is 67.5 Å². The molecule has 0 spiro atoms. The normalized spacial score (nSPS) is 11.1. The molecule has 0 aliphatic carbocycles. The van der Waals surface area contributed by atoms with Crippen LogP contribution in [0.15, 0.2) is 103 Å². The molecule has 2 N–H and O–H groups in total. The van der Waals surface area contributed by atoms with Crippen LogP contribution in [0, 0.1) is 0 Å². The van der Waals surface area contributed by atoms with E-state index in [0.29, 0.717) is 5.46 Å². The minimum atomic E-state index is -1.47. The van der Waals surface area contributed by atoms with Crippen LogP contribution in [0.4, 0.5) is 0 Å². The summed E-state index contributed by atoms with van der Waals surface area (Å²) in [7, 11) is -1.47. The third kappa shape index (κ3) is 3.31. The van der Waals surface area contributed by atoms with Crippen molar-refractivity contribution in [3.8, 4) is 22.3 Å². The van der Waals surface area contributed by atoms with Gasteiger partial charge in [-0.1, -0.05) is 84.9 Å². The second-order valence-electron chi connectivity index (χ2n) is 7.31. The molecule has 0 aromatic heterocycles. The van der Waals surface area contributed by atoms with Gasteiger partial charge in [-0.25, -0.2) is 0 Å². The summed E-state index contributed by atoms with van der Waals surface area (Å²) in [6.45, 7) is 0. The predicted molar refractivity (Wildman–Crippen MR) is 122 cm³/mol. The zero-order valence-electron chi connectivity index (χ0n) is 15.8. The van der Waals surface area contributed by atoms with Crippen molar-refractivity contribution in [2.45, 2.75) is 0 Å². The maximum Gasteiger partial charge on any atom is 0.488 e. The summed E-state index contributed by atoms with van der Waals surface area (Å²) in [6, 6.07) is 35.1. The number of rotatable bonds is 3. The van der Waals surface area contributed by atoms with E-state index < -0.39 is 7.12 Å². The molecule has 0 unspecified atom stereocenters. The molecule has 0 atom stereocenters. The lowest BCUT2D eigenvalue weighted by Gasteiger charge is -2.11. The summed E-state index contributed by atoms with van der Waals surface area (Å²) in [5.41, 5.74) is 4.94. The molecule has 0 aliphatic rings. The highest BCUT2D eigenvalue weighted by Gasteiger charge is 2.13. The Morgan fingerprint density at radius 2 is 1.28 bits per heavy atom. The van der Waals surface area contributed by atoms with Crippen LogP contribution >= 0.6 is 0 Å². The fraction of sp³-hybridized carbons (Fsp3) is 0. The topological polar surface area (TPSA) is 40.5 Å². The number of hydrogen-bond donors (Lipinski definition) is 2. The molecule has 0 bridgehead atoms. The summed E-state index contributed by atoms with van der Waals surface area (Å²) >= 11 is 0. The van der Waals surface area contributed by atoms with Crippen molar-refractivity contribution in [2.75, 3.05) is 0 Å². The van der Waals surface area contributed by atoms with E-state index >= 15 is 0 Å². The molecule has 0 amide bonds. The van der Waals surface area contributed by atoms with Crippen molar-refractivity contribution in [1.82, 2.24) is 0 Å². The van der Waals surface area contributed by atoms with Gasteiger partial charge in [0.1, 0.15) is 0 Å². The van der Waals surface area contributed by atoms with Crippen molar-refractivity contribution in [1.29, 1.82) is 0 Å². The van der Waals surface area contributed by atoms with E-state index in [1.54, 1.807) is 6.07 Å². The molecule has 5 aromatic carbocycles. The first kappa shape index (κ1) is 17.7. The third-order valence-electron chi connectivity index (χ3n) is 5.44. The summed E-state index contributed by atoms with van der Waals surface area (Å²) in [5.74, 6) is 0. The quantitative estimate of drug-likeness (QED) is 0.344. The summed E-state index contributed by atoms with van der Waals surface area (Å²) < 4.78 is 0. The van der Waals surface area contributed by atoms with Crippen LogP contribution in [0.1, 0.15) is 0 Å². The predicted octanol–water partition coefficient (Wildman–Crippen LogP) is 5.01. The number of benzene rings is 5. The van der Waals surface area contributed by atoms with E-state index in [-0.39, 0.29) is 0 Å². The fourth-order valence-electron chi connectivity index (χ4n) is 3.95. The Morgan fingerprint density at radius 1 is 0.483 bits per heavy atom. The SMILES string of the molecule is OB(O)c1cccc(-c2cccc3cc4ccc(-c5ccccc5)cc4cc23)c1. The molecule has 0 fully saturated rings. The van der Waals surface area contributed by atoms with Crippen LogP contribution in [-0.4, -0.2) is 17.2 Å². The summed E-state index contributed by atoms with van der Waals surface area (Å²) in [6.07, 6.45) is 0. The Balaban J connectivity index is 1.71. The van der Waals surface area contributed by atoms with Crippen molar-refractivity contribution < 1.29 is 10.0 Å². The van der Waals surface area contributed by atoms with Crippen LogP contribution in [0.25, 0.3) is 43.8 Å². The van der Waals surface area contributed by atoms with Gasteiger partial charge in [0.05, 0.1) is 0 Å². The van der Waals surface area contributed by atoms with Gasteiger partial charge < -0.3 is 10.0 Å². The standard InChI is InChI=1S/C26H19BO2/c28-27(29)24-10-4-8-22(16-24)25-11-5-9-21-14-20-13-12-19(15-23(20)17-26(21)25)18-6-2-1-3-7-18/h1-17,28-29H. The lowest BCUT2D eigenvalue weighted by atomic mass is 9.79. The van der Waals surface area contributed by atoms with Gasteiger partial charge in [0.2, 0.25) is 0 Å². The summed E-state index contributed by atoms with van der Waals surface area (Å²) in [5, 5.41) is 23.8. The van der Waals surface area contributed by atoms with Gasteiger partial charge in [0.25, 0.3) is 0 Å².